The van der Waals surface area contributed by atoms with Crippen molar-refractivity contribution < 1.29 is 9.53 Å². The molecule has 130 valence electrons. The predicted octanol–water partition coefficient (Wildman–Crippen LogP) is 1.59. The van der Waals surface area contributed by atoms with Gasteiger partial charge in [0.1, 0.15) is 11.6 Å². The second-order valence-electron chi connectivity index (χ2n) is 7.43. The van der Waals surface area contributed by atoms with Crippen molar-refractivity contribution in [1.82, 2.24) is 14.9 Å². The Bertz CT molecular complexity index is 625. The number of hydrogen-bond acceptors (Lipinski definition) is 5. The van der Waals surface area contributed by atoms with Crippen LogP contribution in [0.5, 0.6) is 0 Å². The minimum atomic E-state index is 0.0581. The standard InChI is InChI=1S/C18H26N4O2/c1-12-10-22(11-15(12)18(23)21-5-7-24-8-6-21)16-9-13(2)19-17(20-16)14-3-4-14/h9,12,14-15H,3-8,10-11H2,1-2H3/t12-,15-/m1/s1. The first-order chi connectivity index (χ1) is 11.6. The lowest BCUT2D eigenvalue weighted by Crippen LogP contribution is -2.45. The number of rotatable bonds is 3. The summed E-state index contributed by atoms with van der Waals surface area (Å²) in [6, 6.07) is 2.06. The second-order valence-corrected chi connectivity index (χ2v) is 7.43. The molecule has 2 aliphatic heterocycles. The summed E-state index contributed by atoms with van der Waals surface area (Å²) in [5.41, 5.74) is 1.03. The van der Waals surface area contributed by atoms with Crippen LogP contribution in [0.3, 0.4) is 0 Å². The van der Waals surface area contributed by atoms with Crippen LogP contribution >= 0.6 is 0 Å². The summed E-state index contributed by atoms with van der Waals surface area (Å²) in [6.45, 7) is 8.63. The van der Waals surface area contributed by atoms with Crippen molar-refractivity contribution >= 4 is 11.7 Å². The molecule has 3 aliphatic rings. The molecule has 0 aromatic carbocycles. The Balaban J connectivity index is 1.49. The maximum absolute atomic E-state index is 12.9. The van der Waals surface area contributed by atoms with Gasteiger partial charge in [-0.1, -0.05) is 6.92 Å². The smallest absolute Gasteiger partial charge is 0.227 e. The Labute approximate surface area is 143 Å². The molecule has 0 radical (unpaired) electrons. The molecule has 1 amide bonds. The molecule has 2 atom stereocenters. The maximum atomic E-state index is 12.9. The van der Waals surface area contributed by atoms with E-state index in [1.54, 1.807) is 0 Å². The fourth-order valence-electron chi connectivity index (χ4n) is 3.75. The summed E-state index contributed by atoms with van der Waals surface area (Å²) in [5, 5.41) is 0. The van der Waals surface area contributed by atoms with Gasteiger partial charge in [0.25, 0.3) is 0 Å². The van der Waals surface area contributed by atoms with Gasteiger partial charge in [0.2, 0.25) is 5.91 Å². The third-order valence-electron chi connectivity index (χ3n) is 5.38. The van der Waals surface area contributed by atoms with Gasteiger partial charge in [0, 0.05) is 43.9 Å². The highest BCUT2D eigenvalue weighted by Gasteiger charge is 2.38. The number of aromatic nitrogens is 2. The van der Waals surface area contributed by atoms with Crippen LogP contribution in [0, 0.1) is 18.8 Å². The van der Waals surface area contributed by atoms with Crippen LogP contribution in [-0.4, -0.2) is 60.2 Å². The van der Waals surface area contributed by atoms with Crippen LogP contribution < -0.4 is 4.90 Å². The third-order valence-corrected chi connectivity index (χ3v) is 5.38. The van der Waals surface area contributed by atoms with E-state index >= 15 is 0 Å². The van der Waals surface area contributed by atoms with E-state index in [1.807, 2.05) is 11.8 Å². The summed E-state index contributed by atoms with van der Waals surface area (Å²) in [4.78, 5) is 26.5. The fourth-order valence-corrected chi connectivity index (χ4v) is 3.75. The van der Waals surface area contributed by atoms with E-state index in [9.17, 15) is 4.79 Å². The average Bonchev–Trinajstić information content (AvgIpc) is 3.37. The molecule has 0 bridgehead atoms. The van der Waals surface area contributed by atoms with Crippen LogP contribution in [0.15, 0.2) is 6.07 Å². The number of ether oxygens (including phenoxy) is 1. The number of hydrogen-bond donors (Lipinski definition) is 0. The van der Waals surface area contributed by atoms with Crippen molar-refractivity contribution in [2.75, 3.05) is 44.3 Å². The zero-order valence-corrected chi connectivity index (χ0v) is 14.6. The van der Waals surface area contributed by atoms with E-state index in [0.717, 1.165) is 43.5 Å². The molecular formula is C18H26N4O2. The van der Waals surface area contributed by atoms with Gasteiger partial charge in [-0.05, 0) is 25.7 Å². The van der Waals surface area contributed by atoms with E-state index in [4.69, 9.17) is 9.72 Å². The van der Waals surface area contributed by atoms with Gasteiger partial charge in [0.05, 0.1) is 19.1 Å². The normalized spacial score (nSPS) is 27.6. The lowest BCUT2D eigenvalue weighted by atomic mass is 9.96. The summed E-state index contributed by atoms with van der Waals surface area (Å²) >= 11 is 0. The molecule has 24 heavy (non-hydrogen) atoms. The Kier molecular flexibility index (Phi) is 4.16. The van der Waals surface area contributed by atoms with E-state index in [1.165, 1.54) is 12.8 Å². The van der Waals surface area contributed by atoms with Crippen LogP contribution in [-0.2, 0) is 9.53 Å². The van der Waals surface area contributed by atoms with Crippen LogP contribution in [0.4, 0.5) is 5.82 Å². The molecule has 1 aliphatic carbocycles. The van der Waals surface area contributed by atoms with Crippen molar-refractivity contribution in [1.29, 1.82) is 0 Å². The van der Waals surface area contributed by atoms with E-state index in [-0.39, 0.29) is 11.8 Å². The number of nitrogens with zero attached hydrogens (tertiary/aromatic N) is 4. The first kappa shape index (κ1) is 15.8. The Morgan fingerprint density at radius 3 is 2.67 bits per heavy atom. The van der Waals surface area contributed by atoms with Gasteiger partial charge in [-0.15, -0.1) is 0 Å². The highest BCUT2D eigenvalue weighted by molar-refractivity contribution is 5.80. The molecule has 4 rings (SSSR count). The Morgan fingerprint density at radius 2 is 1.96 bits per heavy atom. The minimum absolute atomic E-state index is 0.0581. The highest BCUT2D eigenvalue weighted by atomic mass is 16.5. The van der Waals surface area contributed by atoms with E-state index in [2.05, 4.69) is 22.9 Å². The monoisotopic (exact) mass is 330 g/mol. The summed E-state index contributed by atoms with van der Waals surface area (Å²) in [6.07, 6.45) is 2.41. The molecule has 6 nitrogen and oxygen atoms in total. The van der Waals surface area contributed by atoms with E-state index < -0.39 is 0 Å². The predicted molar refractivity (Wildman–Crippen MR) is 91.0 cm³/mol. The maximum Gasteiger partial charge on any atom is 0.227 e. The Hall–Kier alpha value is -1.69. The van der Waals surface area contributed by atoms with Gasteiger partial charge in [-0.3, -0.25) is 4.79 Å². The van der Waals surface area contributed by atoms with Crippen LogP contribution in [0.1, 0.15) is 37.2 Å². The third kappa shape index (κ3) is 3.11. The zero-order chi connectivity index (χ0) is 16.7. The van der Waals surface area contributed by atoms with Gasteiger partial charge in [0.15, 0.2) is 0 Å². The van der Waals surface area contributed by atoms with Crippen molar-refractivity contribution in [2.45, 2.75) is 32.6 Å². The van der Waals surface area contributed by atoms with Crippen molar-refractivity contribution in [3.05, 3.63) is 17.6 Å². The SMILES string of the molecule is Cc1cc(N2C[C@@H](C)[C@H](C(=O)N3CCOCC3)C2)nc(C2CC2)n1. The van der Waals surface area contributed by atoms with Crippen molar-refractivity contribution in [2.24, 2.45) is 11.8 Å². The largest absolute Gasteiger partial charge is 0.378 e. The molecule has 0 unspecified atom stereocenters. The molecule has 1 saturated carbocycles. The fraction of sp³-hybridized carbons (Fsp3) is 0.722. The number of anilines is 1. The van der Waals surface area contributed by atoms with Gasteiger partial charge >= 0.3 is 0 Å². The topological polar surface area (TPSA) is 58.6 Å². The van der Waals surface area contributed by atoms with Gasteiger partial charge < -0.3 is 14.5 Å². The number of aryl methyl sites for hydroxylation is 1. The molecule has 6 heteroatoms. The molecule has 1 aromatic rings. The molecule has 1 aromatic heterocycles. The first-order valence-electron chi connectivity index (χ1n) is 9.09. The number of amides is 1. The molecule has 3 heterocycles. The number of carbonyl (C=O) groups excluding carboxylic acids is 1. The molecule has 2 saturated heterocycles. The number of morpholine rings is 1. The van der Waals surface area contributed by atoms with Gasteiger partial charge in [-0.2, -0.15) is 0 Å². The Morgan fingerprint density at radius 1 is 1.21 bits per heavy atom. The summed E-state index contributed by atoms with van der Waals surface area (Å²) in [7, 11) is 0. The first-order valence-corrected chi connectivity index (χ1v) is 9.09. The molecular weight excluding hydrogens is 304 g/mol. The molecule has 0 spiro atoms. The molecule has 0 N–H and O–H groups in total. The zero-order valence-electron chi connectivity index (χ0n) is 14.6. The quantitative estimate of drug-likeness (QED) is 0.842. The lowest BCUT2D eigenvalue weighted by molar-refractivity contribution is -0.140. The van der Waals surface area contributed by atoms with E-state index in [0.29, 0.717) is 25.0 Å². The van der Waals surface area contributed by atoms with Crippen LogP contribution in [0.2, 0.25) is 0 Å². The highest BCUT2D eigenvalue weighted by Crippen LogP contribution is 2.39. The average molecular weight is 330 g/mol. The van der Waals surface area contributed by atoms with Crippen molar-refractivity contribution in [3.63, 3.8) is 0 Å². The van der Waals surface area contributed by atoms with Gasteiger partial charge in [-0.25, -0.2) is 9.97 Å². The van der Waals surface area contributed by atoms with Crippen LogP contribution in [0.25, 0.3) is 0 Å². The summed E-state index contributed by atoms with van der Waals surface area (Å²) in [5.74, 6) is 3.22. The second kappa shape index (κ2) is 6.31. The van der Waals surface area contributed by atoms with Crippen molar-refractivity contribution in [3.8, 4) is 0 Å². The molecule has 3 fully saturated rings. The number of carbonyl (C=O) groups is 1. The lowest BCUT2D eigenvalue weighted by Gasteiger charge is -2.30. The summed E-state index contributed by atoms with van der Waals surface area (Å²) < 4.78 is 5.36. The minimum Gasteiger partial charge on any atom is -0.378 e.